The zero-order valence-corrected chi connectivity index (χ0v) is 18.2. The molecule has 0 radical (unpaired) electrons. The summed E-state index contributed by atoms with van der Waals surface area (Å²) in [6.45, 7) is 4.50. The normalized spacial score (nSPS) is 22.8. The van der Waals surface area contributed by atoms with Crippen LogP contribution >= 0.6 is 7.82 Å². The van der Waals surface area contributed by atoms with Crippen LogP contribution in [0.25, 0.3) is 0 Å². The molecule has 1 aliphatic heterocycles. The minimum absolute atomic E-state index is 0.0277. The van der Waals surface area contributed by atoms with Crippen molar-refractivity contribution in [1.82, 2.24) is 9.55 Å². The molecule has 166 valence electrons. The minimum atomic E-state index is -3.87. The van der Waals surface area contributed by atoms with Gasteiger partial charge in [-0.2, -0.15) is 8.42 Å². The van der Waals surface area contributed by atoms with Crippen LogP contribution in [0.5, 0.6) is 0 Å². The minimum Gasteiger partial charge on any atom is -0.349 e. The van der Waals surface area contributed by atoms with Crippen LogP contribution in [0.2, 0.25) is 0 Å². The molecule has 0 unspecified atom stereocenters. The van der Waals surface area contributed by atoms with Crippen LogP contribution in [0.15, 0.2) is 15.8 Å². The maximum absolute atomic E-state index is 12.5. The van der Waals surface area contributed by atoms with Gasteiger partial charge in [0.1, 0.15) is 18.4 Å². The van der Waals surface area contributed by atoms with Gasteiger partial charge in [0, 0.05) is 18.2 Å². The van der Waals surface area contributed by atoms with Crippen molar-refractivity contribution in [2.75, 3.05) is 26.1 Å². The molecule has 0 bridgehead atoms. The number of ether oxygens (including phenoxy) is 1. The second-order valence-corrected chi connectivity index (χ2v) is 9.53. The lowest BCUT2D eigenvalue weighted by Crippen LogP contribution is -2.33. The van der Waals surface area contributed by atoms with Gasteiger partial charge < -0.3 is 4.74 Å². The van der Waals surface area contributed by atoms with E-state index < -0.39 is 47.6 Å². The van der Waals surface area contributed by atoms with E-state index in [1.165, 1.54) is 13.1 Å². The van der Waals surface area contributed by atoms with Crippen LogP contribution in [0.3, 0.4) is 0 Å². The predicted octanol–water partition coefficient (Wildman–Crippen LogP) is 0.675. The number of aromatic nitrogens is 2. The Morgan fingerprint density at radius 2 is 1.86 bits per heavy atom. The Bertz CT molecular complexity index is 962. The lowest BCUT2D eigenvalue weighted by molar-refractivity contribution is -0.0435. The fraction of sp³-hybridized carbons (Fsp3) is 0.733. The smallest absolute Gasteiger partial charge is 0.349 e. The Hall–Kier alpha value is -1.34. The van der Waals surface area contributed by atoms with Crippen LogP contribution < -0.4 is 11.2 Å². The molecule has 3 atom stereocenters. The van der Waals surface area contributed by atoms with Crippen LogP contribution in [-0.2, 0) is 37.2 Å². The Labute approximate surface area is 167 Å². The average Bonchev–Trinajstić information content (AvgIpc) is 2.97. The van der Waals surface area contributed by atoms with Crippen LogP contribution in [0.4, 0.5) is 0 Å². The van der Waals surface area contributed by atoms with Crippen molar-refractivity contribution >= 4 is 17.9 Å². The Balaban J connectivity index is 2.25. The van der Waals surface area contributed by atoms with Gasteiger partial charge >= 0.3 is 13.5 Å². The molecule has 2 heterocycles. The summed E-state index contributed by atoms with van der Waals surface area (Å²) in [7, 11) is -7.72. The molecule has 0 spiro atoms. The van der Waals surface area contributed by atoms with E-state index in [0.29, 0.717) is 0 Å². The van der Waals surface area contributed by atoms with E-state index in [0.717, 1.165) is 10.8 Å². The van der Waals surface area contributed by atoms with Gasteiger partial charge in [0.2, 0.25) is 0 Å². The number of phosphoric acid groups is 1. The van der Waals surface area contributed by atoms with Gasteiger partial charge in [-0.15, -0.1) is 0 Å². The van der Waals surface area contributed by atoms with Gasteiger partial charge in [-0.1, -0.05) is 0 Å². The fourth-order valence-corrected chi connectivity index (χ4v) is 4.58. The summed E-state index contributed by atoms with van der Waals surface area (Å²) in [5.74, 6) is 0. The number of aryl methyl sites for hydroxylation is 1. The molecule has 0 saturated carbocycles. The molecular formula is C15H25N2O10PS. The van der Waals surface area contributed by atoms with Gasteiger partial charge in [0.25, 0.3) is 15.7 Å². The van der Waals surface area contributed by atoms with Crippen LogP contribution in [0.1, 0.15) is 32.1 Å². The lowest BCUT2D eigenvalue weighted by Gasteiger charge is -2.21. The quantitative estimate of drug-likeness (QED) is 0.393. The first-order chi connectivity index (χ1) is 13.5. The number of aromatic amines is 1. The summed E-state index contributed by atoms with van der Waals surface area (Å²) in [6.07, 6.45) is -0.802. The second kappa shape index (κ2) is 9.65. The Morgan fingerprint density at radius 1 is 1.24 bits per heavy atom. The standard InChI is InChI=1S/C15H25N2O10PS/c1-5-23-28(20,24-6-2)25-9-12-11(27-29(4,21)22)7-13(26-12)17-8-10(3)14(18)16-15(17)19/h8,11-13H,5-7,9H2,1-4H3,(H,16,18,19)/t11-,12+,13+/m0/s1. The first-order valence-corrected chi connectivity index (χ1v) is 12.1. The molecule has 2 rings (SSSR count). The molecule has 1 saturated heterocycles. The number of H-pyrrole nitrogens is 1. The fourth-order valence-electron chi connectivity index (χ4n) is 2.74. The van der Waals surface area contributed by atoms with E-state index in [4.69, 9.17) is 22.5 Å². The maximum Gasteiger partial charge on any atom is 0.474 e. The van der Waals surface area contributed by atoms with Gasteiger partial charge in [-0.25, -0.2) is 9.36 Å². The highest BCUT2D eigenvalue weighted by molar-refractivity contribution is 7.86. The molecule has 1 aliphatic rings. The van der Waals surface area contributed by atoms with Crippen molar-refractivity contribution in [2.24, 2.45) is 0 Å². The topological polar surface area (TPSA) is 152 Å². The van der Waals surface area contributed by atoms with Crippen molar-refractivity contribution in [1.29, 1.82) is 0 Å². The predicted molar refractivity (Wildman–Crippen MR) is 101 cm³/mol. The molecular weight excluding hydrogens is 431 g/mol. The number of phosphoric ester groups is 1. The highest BCUT2D eigenvalue weighted by Gasteiger charge is 2.41. The molecule has 1 aromatic rings. The van der Waals surface area contributed by atoms with Crippen molar-refractivity contribution < 1.29 is 35.5 Å². The van der Waals surface area contributed by atoms with Crippen molar-refractivity contribution in [2.45, 2.75) is 45.6 Å². The molecule has 0 amide bonds. The monoisotopic (exact) mass is 456 g/mol. The highest BCUT2D eigenvalue weighted by atomic mass is 32.2. The summed E-state index contributed by atoms with van der Waals surface area (Å²) in [4.78, 5) is 25.8. The molecule has 1 N–H and O–H groups in total. The number of hydrogen-bond acceptors (Lipinski definition) is 10. The number of hydrogen-bond donors (Lipinski definition) is 1. The Kier molecular flexibility index (Phi) is 7.96. The van der Waals surface area contributed by atoms with Crippen molar-refractivity contribution in [3.05, 3.63) is 32.6 Å². The third kappa shape index (κ3) is 6.57. The summed E-state index contributed by atoms with van der Waals surface area (Å²) < 4.78 is 62.9. The van der Waals surface area contributed by atoms with E-state index in [-0.39, 0.29) is 31.8 Å². The average molecular weight is 456 g/mol. The zero-order valence-electron chi connectivity index (χ0n) is 16.5. The van der Waals surface area contributed by atoms with Gasteiger partial charge in [0.05, 0.1) is 26.1 Å². The molecule has 1 aromatic heterocycles. The highest BCUT2D eigenvalue weighted by Crippen LogP contribution is 2.50. The number of nitrogens with zero attached hydrogens (tertiary/aromatic N) is 1. The Morgan fingerprint density at radius 3 is 2.41 bits per heavy atom. The molecule has 1 fully saturated rings. The number of rotatable bonds is 10. The first kappa shape index (κ1) is 23.9. The zero-order chi connectivity index (χ0) is 21.8. The van der Waals surface area contributed by atoms with E-state index in [1.54, 1.807) is 13.8 Å². The van der Waals surface area contributed by atoms with E-state index in [1.807, 2.05) is 0 Å². The lowest BCUT2D eigenvalue weighted by atomic mass is 10.2. The van der Waals surface area contributed by atoms with Gasteiger partial charge in [-0.3, -0.25) is 32.1 Å². The molecule has 14 heteroatoms. The van der Waals surface area contributed by atoms with Crippen LogP contribution in [0, 0.1) is 6.92 Å². The van der Waals surface area contributed by atoms with E-state index >= 15 is 0 Å². The van der Waals surface area contributed by atoms with E-state index in [2.05, 4.69) is 4.98 Å². The number of nitrogens with one attached hydrogen (secondary N) is 1. The first-order valence-electron chi connectivity index (χ1n) is 8.87. The van der Waals surface area contributed by atoms with Gasteiger partial charge in [-0.05, 0) is 20.8 Å². The molecule has 0 aromatic carbocycles. The summed E-state index contributed by atoms with van der Waals surface area (Å²) in [6, 6.07) is 0. The summed E-state index contributed by atoms with van der Waals surface area (Å²) in [5.41, 5.74) is -0.993. The third-order valence-corrected chi connectivity index (χ3v) is 6.12. The van der Waals surface area contributed by atoms with Crippen molar-refractivity contribution in [3.8, 4) is 0 Å². The van der Waals surface area contributed by atoms with Crippen LogP contribution in [-0.4, -0.2) is 56.3 Å². The van der Waals surface area contributed by atoms with E-state index in [9.17, 15) is 22.6 Å². The van der Waals surface area contributed by atoms with Gasteiger partial charge in [0.15, 0.2) is 0 Å². The molecule has 0 aliphatic carbocycles. The third-order valence-electron chi connectivity index (χ3n) is 3.91. The SMILES string of the molecule is CCOP(=O)(OCC)OC[C@H]1O[C@@H](n2cc(C)c(=O)[nH]c2=O)C[C@@H]1OS(C)(=O)=O. The molecule has 29 heavy (non-hydrogen) atoms. The largest absolute Gasteiger partial charge is 0.474 e. The second-order valence-electron chi connectivity index (χ2n) is 6.26. The molecule has 12 nitrogen and oxygen atoms in total. The maximum atomic E-state index is 12.5. The summed E-state index contributed by atoms with van der Waals surface area (Å²) >= 11 is 0. The summed E-state index contributed by atoms with van der Waals surface area (Å²) in [5, 5.41) is 0. The van der Waals surface area contributed by atoms with Crippen molar-refractivity contribution in [3.63, 3.8) is 0 Å².